The molecule has 0 unspecified atom stereocenters. The summed E-state index contributed by atoms with van der Waals surface area (Å²) in [6.45, 7) is 2.06. The predicted molar refractivity (Wildman–Crippen MR) is 121 cm³/mol. The van der Waals surface area contributed by atoms with Gasteiger partial charge in [-0.15, -0.1) is 21.5 Å². The van der Waals surface area contributed by atoms with Crippen LogP contribution in [0.4, 0.5) is 0 Å². The standard InChI is InChI=1S/C22H20N6OS2/c1-14-2-6-17(7-3-14)28-20(15-8-10-23-11-9-15)26-27-22(28)31-13-19-25-18(12-30-19)21(29)24-16-4-5-16/h2-3,6-12,16H,4-5,13H2,1H3,(H,24,29). The molecule has 0 spiro atoms. The fourth-order valence-electron chi connectivity index (χ4n) is 3.07. The molecule has 7 nitrogen and oxygen atoms in total. The van der Waals surface area contributed by atoms with E-state index in [4.69, 9.17) is 0 Å². The van der Waals surface area contributed by atoms with E-state index >= 15 is 0 Å². The van der Waals surface area contributed by atoms with Crippen LogP contribution in [0.5, 0.6) is 0 Å². The number of carbonyl (C=O) groups excluding carboxylic acids is 1. The highest BCUT2D eigenvalue weighted by molar-refractivity contribution is 7.98. The smallest absolute Gasteiger partial charge is 0.270 e. The minimum absolute atomic E-state index is 0.0854. The van der Waals surface area contributed by atoms with Crippen molar-refractivity contribution in [1.29, 1.82) is 0 Å². The SMILES string of the molecule is Cc1ccc(-n2c(SCc3nc(C(=O)NC4CC4)cs3)nnc2-c2ccncc2)cc1. The van der Waals surface area contributed by atoms with E-state index < -0.39 is 0 Å². The lowest BCUT2D eigenvalue weighted by molar-refractivity contribution is 0.0946. The van der Waals surface area contributed by atoms with Crippen molar-refractivity contribution in [2.24, 2.45) is 0 Å². The maximum absolute atomic E-state index is 12.2. The van der Waals surface area contributed by atoms with Gasteiger partial charge in [0.15, 0.2) is 11.0 Å². The van der Waals surface area contributed by atoms with Gasteiger partial charge in [-0.2, -0.15) is 0 Å². The Morgan fingerprint density at radius 3 is 2.68 bits per heavy atom. The molecule has 0 radical (unpaired) electrons. The number of nitrogens with zero attached hydrogens (tertiary/aromatic N) is 5. The molecule has 9 heteroatoms. The zero-order chi connectivity index (χ0) is 21.2. The van der Waals surface area contributed by atoms with Crippen molar-refractivity contribution in [3.63, 3.8) is 0 Å². The fraction of sp³-hybridized carbons (Fsp3) is 0.227. The van der Waals surface area contributed by atoms with Gasteiger partial charge in [0, 0.05) is 35.1 Å². The number of nitrogens with one attached hydrogen (secondary N) is 1. The third-order valence-corrected chi connectivity index (χ3v) is 6.86. The molecular weight excluding hydrogens is 428 g/mol. The number of thiazole rings is 1. The van der Waals surface area contributed by atoms with Crippen molar-refractivity contribution < 1.29 is 4.79 Å². The summed E-state index contributed by atoms with van der Waals surface area (Å²) in [5.41, 5.74) is 3.62. The van der Waals surface area contributed by atoms with Crippen molar-refractivity contribution in [3.05, 3.63) is 70.4 Å². The highest BCUT2D eigenvalue weighted by Crippen LogP contribution is 2.30. The molecule has 0 saturated heterocycles. The summed E-state index contributed by atoms with van der Waals surface area (Å²) in [7, 11) is 0. The second kappa shape index (κ2) is 8.60. The predicted octanol–water partition coefficient (Wildman–Crippen LogP) is 4.28. The molecule has 5 rings (SSSR count). The summed E-state index contributed by atoms with van der Waals surface area (Å²) in [6, 6.07) is 12.5. The number of aromatic nitrogens is 5. The second-order valence-electron chi connectivity index (χ2n) is 7.38. The Hall–Kier alpha value is -3.04. The number of pyridine rings is 1. The van der Waals surface area contributed by atoms with E-state index in [2.05, 4.69) is 56.7 Å². The molecule has 1 saturated carbocycles. The van der Waals surface area contributed by atoms with Crippen LogP contribution in [-0.2, 0) is 5.75 Å². The number of hydrogen-bond donors (Lipinski definition) is 1. The Balaban J connectivity index is 1.40. The summed E-state index contributed by atoms with van der Waals surface area (Å²) in [5, 5.41) is 15.4. The fourth-order valence-corrected chi connectivity index (χ4v) is 4.82. The lowest BCUT2D eigenvalue weighted by Crippen LogP contribution is -2.25. The minimum Gasteiger partial charge on any atom is -0.348 e. The molecule has 1 N–H and O–H groups in total. The topological polar surface area (TPSA) is 85.6 Å². The van der Waals surface area contributed by atoms with Crippen molar-refractivity contribution in [2.75, 3.05) is 0 Å². The first kappa shape index (κ1) is 19.9. The lowest BCUT2D eigenvalue weighted by Gasteiger charge is -2.10. The van der Waals surface area contributed by atoms with Gasteiger partial charge in [-0.25, -0.2) is 4.98 Å². The third-order valence-electron chi connectivity index (χ3n) is 4.89. The number of hydrogen-bond acceptors (Lipinski definition) is 7. The largest absolute Gasteiger partial charge is 0.348 e. The summed E-state index contributed by atoms with van der Waals surface area (Å²) in [4.78, 5) is 20.8. The summed E-state index contributed by atoms with van der Waals surface area (Å²) in [6.07, 6.45) is 5.63. The van der Waals surface area contributed by atoms with Gasteiger partial charge in [-0.05, 0) is 44.0 Å². The number of benzene rings is 1. The summed E-state index contributed by atoms with van der Waals surface area (Å²) >= 11 is 3.05. The van der Waals surface area contributed by atoms with E-state index in [9.17, 15) is 4.79 Å². The number of rotatable bonds is 7. The number of carbonyl (C=O) groups is 1. The van der Waals surface area contributed by atoms with Crippen LogP contribution in [-0.4, -0.2) is 36.7 Å². The van der Waals surface area contributed by atoms with E-state index in [-0.39, 0.29) is 5.91 Å². The Kier molecular flexibility index (Phi) is 5.52. The van der Waals surface area contributed by atoms with Crippen molar-refractivity contribution in [3.8, 4) is 17.1 Å². The van der Waals surface area contributed by atoms with Gasteiger partial charge in [0.25, 0.3) is 5.91 Å². The van der Waals surface area contributed by atoms with Crippen LogP contribution >= 0.6 is 23.1 Å². The maximum atomic E-state index is 12.2. The quantitative estimate of drug-likeness (QED) is 0.425. The molecule has 3 aromatic heterocycles. The van der Waals surface area contributed by atoms with Crippen molar-refractivity contribution in [1.82, 2.24) is 30.0 Å². The van der Waals surface area contributed by atoms with Gasteiger partial charge in [0.2, 0.25) is 0 Å². The van der Waals surface area contributed by atoms with Crippen LogP contribution in [0.25, 0.3) is 17.1 Å². The first-order chi connectivity index (χ1) is 15.2. The zero-order valence-electron chi connectivity index (χ0n) is 16.9. The first-order valence-electron chi connectivity index (χ1n) is 9.98. The molecule has 1 amide bonds. The van der Waals surface area contributed by atoms with Gasteiger partial charge >= 0.3 is 0 Å². The molecule has 3 heterocycles. The van der Waals surface area contributed by atoms with Gasteiger partial charge < -0.3 is 5.32 Å². The monoisotopic (exact) mass is 448 g/mol. The van der Waals surface area contributed by atoms with E-state index in [0.717, 1.165) is 40.1 Å². The van der Waals surface area contributed by atoms with Crippen LogP contribution in [0.15, 0.2) is 59.3 Å². The molecule has 31 heavy (non-hydrogen) atoms. The first-order valence-corrected chi connectivity index (χ1v) is 11.8. The average molecular weight is 449 g/mol. The molecule has 0 aliphatic heterocycles. The van der Waals surface area contributed by atoms with Crippen molar-refractivity contribution in [2.45, 2.75) is 36.7 Å². The van der Waals surface area contributed by atoms with Crippen molar-refractivity contribution >= 4 is 29.0 Å². The maximum Gasteiger partial charge on any atom is 0.270 e. The van der Waals surface area contributed by atoms with Gasteiger partial charge in [0.1, 0.15) is 10.7 Å². The molecule has 0 atom stereocenters. The van der Waals surface area contributed by atoms with E-state index in [1.807, 2.05) is 22.1 Å². The Morgan fingerprint density at radius 1 is 1.16 bits per heavy atom. The van der Waals surface area contributed by atoms with E-state index in [1.165, 1.54) is 16.9 Å². The Morgan fingerprint density at radius 2 is 1.94 bits per heavy atom. The highest BCUT2D eigenvalue weighted by Gasteiger charge is 2.25. The Labute approximate surface area is 188 Å². The molecule has 4 aromatic rings. The van der Waals surface area contributed by atoms with Crippen LogP contribution in [0, 0.1) is 6.92 Å². The normalized spacial score (nSPS) is 13.3. The highest BCUT2D eigenvalue weighted by atomic mass is 32.2. The Bertz CT molecular complexity index is 1200. The zero-order valence-corrected chi connectivity index (χ0v) is 18.5. The van der Waals surface area contributed by atoms with Gasteiger partial charge in [0.05, 0.1) is 5.75 Å². The lowest BCUT2D eigenvalue weighted by atomic mass is 10.2. The molecule has 1 aromatic carbocycles. The molecule has 0 bridgehead atoms. The molecule has 1 fully saturated rings. The van der Waals surface area contributed by atoms with Crippen LogP contribution in [0.3, 0.4) is 0 Å². The summed E-state index contributed by atoms with van der Waals surface area (Å²) < 4.78 is 2.05. The van der Waals surface area contributed by atoms with Crippen LogP contribution < -0.4 is 5.32 Å². The van der Waals surface area contributed by atoms with Crippen LogP contribution in [0.2, 0.25) is 0 Å². The third kappa shape index (κ3) is 4.52. The van der Waals surface area contributed by atoms with E-state index in [0.29, 0.717) is 17.5 Å². The minimum atomic E-state index is -0.0854. The van der Waals surface area contributed by atoms with Crippen LogP contribution in [0.1, 0.15) is 33.9 Å². The molecule has 1 aliphatic carbocycles. The van der Waals surface area contributed by atoms with Gasteiger partial charge in [-0.3, -0.25) is 14.3 Å². The second-order valence-corrected chi connectivity index (χ2v) is 9.26. The number of amides is 1. The number of thioether (sulfide) groups is 1. The number of aryl methyl sites for hydroxylation is 1. The molecule has 156 valence electrons. The summed E-state index contributed by atoms with van der Waals surface area (Å²) in [5.74, 6) is 1.29. The molecule has 1 aliphatic rings. The van der Waals surface area contributed by atoms with E-state index in [1.54, 1.807) is 24.2 Å². The van der Waals surface area contributed by atoms with Gasteiger partial charge in [-0.1, -0.05) is 29.5 Å². The average Bonchev–Trinajstić information content (AvgIpc) is 3.31. The molecular formula is C22H20N6OS2.